The van der Waals surface area contributed by atoms with Crippen LogP contribution in [0.1, 0.15) is 24.5 Å². The molecule has 1 aliphatic carbocycles. The van der Waals surface area contributed by atoms with E-state index in [0.29, 0.717) is 0 Å². The second-order valence-electron chi connectivity index (χ2n) is 7.34. The molecule has 1 aliphatic heterocycles. The Balaban J connectivity index is 1.95. The molecule has 0 unspecified atom stereocenters. The van der Waals surface area contributed by atoms with Gasteiger partial charge in [0, 0.05) is 46.7 Å². The lowest BCUT2D eigenvalue weighted by atomic mass is 9.79. The highest BCUT2D eigenvalue weighted by Gasteiger charge is 2.36. The van der Waals surface area contributed by atoms with Gasteiger partial charge in [0.2, 0.25) is 0 Å². The lowest BCUT2D eigenvalue weighted by Crippen LogP contribution is -2.43. The van der Waals surface area contributed by atoms with Crippen molar-refractivity contribution in [3.63, 3.8) is 0 Å². The number of fused-ring (bicyclic) bond motifs is 2. The van der Waals surface area contributed by atoms with Crippen LogP contribution >= 0.6 is 15.9 Å². The minimum Gasteiger partial charge on any atom is -0.394 e. The Bertz CT molecular complexity index is 885. The SMILES string of the molecule is CC[C@@H](CO)Nc1ccc2[nH]c(Br)c3c2c1C1=C[C@@H](C=O)CN(C)[C@@H]1C3. The number of carbonyl (C=O) groups excluding carboxylic acids is 1. The number of likely N-dealkylation sites (N-methyl/N-ethyl adjacent to an activating group) is 1. The molecule has 138 valence electrons. The number of halogens is 1. The maximum Gasteiger partial charge on any atom is 0.128 e. The number of aromatic amines is 1. The van der Waals surface area contributed by atoms with Gasteiger partial charge in [-0.05, 0) is 59.1 Å². The molecule has 5 nitrogen and oxygen atoms in total. The first-order valence-electron chi connectivity index (χ1n) is 9.15. The van der Waals surface area contributed by atoms with Gasteiger partial charge in [0.1, 0.15) is 6.29 Å². The van der Waals surface area contributed by atoms with E-state index in [1.54, 1.807) is 0 Å². The number of hydrogen-bond acceptors (Lipinski definition) is 4. The van der Waals surface area contributed by atoms with Crippen molar-refractivity contribution in [3.8, 4) is 0 Å². The Morgan fingerprint density at radius 3 is 3.00 bits per heavy atom. The van der Waals surface area contributed by atoms with Gasteiger partial charge in [0.25, 0.3) is 0 Å². The Hall–Kier alpha value is -1.63. The summed E-state index contributed by atoms with van der Waals surface area (Å²) >= 11 is 3.69. The molecule has 0 fully saturated rings. The number of rotatable bonds is 5. The molecule has 2 aromatic rings. The summed E-state index contributed by atoms with van der Waals surface area (Å²) in [5, 5.41) is 14.4. The third kappa shape index (κ3) is 2.71. The van der Waals surface area contributed by atoms with Crippen LogP contribution in [0.2, 0.25) is 0 Å². The Kier molecular flexibility index (Phi) is 4.67. The zero-order valence-electron chi connectivity index (χ0n) is 15.1. The molecule has 0 bridgehead atoms. The molecule has 0 saturated carbocycles. The first-order valence-corrected chi connectivity index (χ1v) is 9.94. The van der Waals surface area contributed by atoms with Crippen LogP contribution in [0.15, 0.2) is 22.8 Å². The molecule has 4 rings (SSSR count). The Labute approximate surface area is 161 Å². The largest absolute Gasteiger partial charge is 0.394 e. The van der Waals surface area contributed by atoms with Crippen molar-refractivity contribution in [3.05, 3.63) is 33.9 Å². The number of H-pyrrole nitrogens is 1. The zero-order valence-corrected chi connectivity index (χ0v) is 16.6. The molecule has 26 heavy (non-hydrogen) atoms. The predicted molar refractivity (Wildman–Crippen MR) is 108 cm³/mol. The molecule has 0 spiro atoms. The van der Waals surface area contributed by atoms with Gasteiger partial charge in [-0.1, -0.05) is 13.0 Å². The molecular weight excluding hydrogens is 394 g/mol. The first-order chi connectivity index (χ1) is 12.6. The maximum atomic E-state index is 11.5. The van der Waals surface area contributed by atoms with E-state index in [2.05, 4.69) is 63.3 Å². The highest BCUT2D eigenvalue weighted by Crippen LogP contribution is 2.46. The van der Waals surface area contributed by atoms with Crippen LogP contribution in [-0.2, 0) is 11.2 Å². The van der Waals surface area contributed by atoms with Crippen LogP contribution in [0.5, 0.6) is 0 Å². The van der Waals surface area contributed by atoms with E-state index in [0.717, 1.165) is 41.5 Å². The average molecular weight is 418 g/mol. The summed E-state index contributed by atoms with van der Waals surface area (Å²) in [6.07, 6.45) is 4.94. The van der Waals surface area contributed by atoms with Gasteiger partial charge in [-0.25, -0.2) is 0 Å². The van der Waals surface area contributed by atoms with Crippen LogP contribution in [0, 0.1) is 5.92 Å². The van der Waals surface area contributed by atoms with E-state index < -0.39 is 0 Å². The van der Waals surface area contributed by atoms with Crippen molar-refractivity contribution in [1.29, 1.82) is 0 Å². The lowest BCUT2D eigenvalue weighted by molar-refractivity contribution is -0.110. The van der Waals surface area contributed by atoms with E-state index >= 15 is 0 Å². The van der Waals surface area contributed by atoms with Crippen LogP contribution in [-0.4, -0.2) is 53.6 Å². The number of hydrogen-bond donors (Lipinski definition) is 3. The predicted octanol–water partition coefficient (Wildman–Crippen LogP) is 3.18. The number of aliphatic hydroxyl groups is 1. The topological polar surface area (TPSA) is 68.4 Å². The smallest absolute Gasteiger partial charge is 0.128 e. The molecule has 0 radical (unpaired) electrons. The number of anilines is 1. The number of nitrogens with zero attached hydrogens (tertiary/aromatic N) is 1. The van der Waals surface area contributed by atoms with Gasteiger partial charge in [-0.2, -0.15) is 0 Å². The summed E-state index contributed by atoms with van der Waals surface area (Å²) in [4.78, 5) is 17.2. The molecule has 0 amide bonds. The van der Waals surface area contributed by atoms with Crippen molar-refractivity contribution >= 4 is 44.4 Å². The molecule has 2 aliphatic rings. The summed E-state index contributed by atoms with van der Waals surface area (Å²) in [6, 6.07) is 4.44. The fourth-order valence-corrected chi connectivity index (χ4v) is 4.89. The summed E-state index contributed by atoms with van der Waals surface area (Å²) in [5.74, 6) is -0.0851. The third-order valence-electron chi connectivity index (χ3n) is 5.73. The fourth-order valence-electron chi connectivity index (χ4n) is 4.32. The second kappa shape index (κ2) is 6.83. The van der Waals surface area contributed by atoms with Crippen molar-refractivity contribution in [1.82, 2.24) is 9.88 Å². The molecule has 3 atom stereocenters. The normalized spacial score (nSPS) is 23.5. The number of aliphatic hydroxyl groups excluding tert-OH is 1. The van der Waals surface area contributed by atoms with Crippen molar-refractivity contribution in [2.75, 3.05) is 25.5 Å². The van der Waals surface area contributed by atoms with Gasteiger partial charge < -0.3 is 20.2 Å². The number of benzene rings is 1. The van der Waals surface area contributed by atoms with Gasteiger partial charge in [0.15, 0.2) is 0 Å². The van der Waals surface area contributed by atoms with Gasteiger partial charge in [-0.15, -0.1) is 0 Å². The van der Waals surface area contributed by atoms with Gasteiger partial charge >= 0.3 is 0 Å². The van der Waals surface area contributed by atoms with Crippen LogP contribution in [0.25, 0.3) is 16.5 Å². The van der Waals surface area contributed by atoms with Gasteiger partial charge in [-0.3, -0.25) is 4.90 Å². The molecule has 3 N–H and O–H groups in total. The third-order valence-corrected chi connectivity index (χ3v) is 6.41. The minimum atomic E-state index is -0.0851. The summed E-state index contributed by atoms with van der Waals surface area (Å²) < 4.78 is 1.03. The lowest BCUT2D eigenvalue weighted by Gasteiger charge is -2.39. The highest BCUT2D eigenvalue weighted by atomic mass is 79.9. The quantitative estimate of drug-likeness (QED) is 0.653. The fraction of sp³-hybridized carbons (Fsp3) is 0.450. The monoisotopic (exact) mass is 417 g/mol. The van der Waals surface area contributed by atoms with E-state index in [1.165, 1.54) is 22.1 Å². The van der Waals surface area contributed by atoms with Gasteiger partial charge in [0.05, 0.1) is 11.2 Å². The Morgan fingerprint density at radius 1 is 1.50 bits per heavy atom. The standard InChI is InChI=1S/C20H24BrN3O2/c1-3-12(10-26)22-15-4-5-16-19-14(20(21)23-16)7-17-13(18(15)19)6-11(9-25)8-24(17)2/h4-6,9,11-12,17,22-23,26H,3,7-8,10H2,1-2H3/t11-,12+,17-/m1/s1. The van der Waals surface area contributed by atoms with Crippen molar-refractivity contribution in [2.45, 2.75) is 31.8 Å². The zero-order chi connectivity index (χ0) is 18.4. The summed E-state index contributed by atoms with van der Waals surface area (Å²) in [5.41, 5.74) is 5.80. The number of carbonyl (C=O) groups is 1. The van der Waals surface area contributed by atoms with Crippen molar-refractivity contribution in [2.24, 2.45) is 5.92 Å². The number of aldehydes is 1. The molecule has 1 aromatic carbocycles. The molecule has 6 heteroatoms. The maximum absolute atomic E-state index is 11.5. The number of nitrogens with one attached hydrogen (secondary N) is 2. The van der Waals surface area contributed by atoms with Crippen LogP contribution in [0.4, 0.5) is 5.69 Å². The molecular formula is C20H24BrN3O2. The van der Waals surface area contributed by atoms with E-state index in [1.807, 2.05) is 0 Å². The highest BCUT2D eigenvalue weighted by molar-refractivity contribution is 9.10. The molecule has 0 saturated heterocycles. The Morgan fingerprint density at radius 2 is 2.31 bits per heavy atom. The average Bonchev–Trinajstić information content (AvgIpc) is 2.97. The molecule has 1 aromatic heterocycles. The minimum absolute atomic E-state index is 0.0127. The second-order valence-corrected chi connectivity index (χ2v) is 8.13. The molecule has 2 heterocycles. The van der Waals surface area contributed by atoms with Crippen LogP contribution < -0.4 is 5.32 Å². The summed E-state index contributed by atoms with van der Waals surface area (Å²) in [7, 11) is 2.09. The number of aromatic nitrogens is 1. The van der Waals surface area contributed by atoms with E-state index in [9.17, 15) is 9.90 Å². The van der Waals surface area contributed by atoms with E-state index in [-0.39, 0.29) is 24.6 Å². The van der Waals surface area contributed by atoms with Crippen molar-refractivity contribution < 1.29 is 9.90 Å². The van der Waals surface area contributed by atoms with Crippen LogP contribution in [0.3, 0.4) is 0 Å². The van der Waals surface area contributed by atoms with E-state index in [4.69, 9.17) is 0 Å². The summed E-state index contributed by atoms with van der Waals surface area (Å²) in [6.45, 7) is 2.91. The first kappa shape index (κ1) is 17.8.